The van der Waals surface area contributed by atoms with Crippen molar-refractivity contribution in [2.24, 2.45) is 7.05 Å². The molecule has 0 radical (unpaired) electrons. The van der Waals surface area contributed by atoms with E-state index in [1.807, 2.05) is 35.7 Å². The second kappa shape index (κ2) is 5.11. The summed E-state index contributed by atoms with van der Waals surface area (Å²) in [5.74, 6) is 1.26. The molecule has 6 nitrogen and oxygen atoms in total. The average molecular weight is 273 g/mol. The molecule has 0 spiro atoms. The van der Waals surface area contributed by atoms with Gasteiger partial charge in [0.1, 0.15) is 12.2 Å². The molecule has 2 aromatic rings. The van der Waals surface area contributed by atoms with Crippen LogP contribution in [0.2, 0.25) is 0 Å². The molecule has 0 aromatic carbocycles. The Bertz CT molecular complexity index is 601. The number of hydrogen-bond donors (Lipinski definition) is 1. The number of piperidine rings is 1. The molecule has 3 rings (SSSR count). The zero-order chi connectivity index (χ0) is 14.1. The van der Waals surface area contributed by atoms with E-state index in [4.69, 9.17) is 0 Å². The summed E-state index contributed by atoms with van der Waals surface area (Å²) in [7, 11) is 1.96. The molecule has 0 saturated carbocycles. The summed E-state index contributed by atoms with van der Waals surface area (Å²) in [6.07, 6.45) is 5.51. The van der Waals surface area contributed by atoms with Crippen molar-refractivity contribution in [3.05, 3.63) is 35.7 Å². The first kappa shape index (κ1) is 12.9. The third-order valence-electron chi connectivity index (χ3n) is 4.14. The number of aryl methyl sites for hydroxylation is 1. The van der Waals surface area contributed by atoms with Crippen molar-refractivity contribution in [2.45, 2.75) is 25.7 Å². The van der Waals surface area contributed by atoms with E-state index >= 15 is 0 Å². The molecule has 0 unspecified atom stereocenters. The predicted octanol–water partition coefficient (Wildman–Crippen LogP) is 1.47. The molecule has 2 aromatic heterocycles. The number of nitrogens with zero attached hydrogens (tertiary/aromatic N) is 4. The summed E-state index contributed by atoms with van der Waals surface area (Å²) in [4.78, 5) is 18.8. The number of hydrogen-bond acceptors (Lipinski definition) is 3. The molecular formula is C14H19N5O. The van der Waals surface area contributed by atoms with Gasteiger partial charge in [-0.25, -0.2) is 4.98 Å². The Morgan fingerprint density at radius 2 is 2.35 bits per heavy atom. The molecule has 1 saturated heterocycles. The van der Waals surface area contributed by atoms with E-state index in [0.717, 1.165) is 36.5 Å². The third-order valence-corrected chi connectivity index (χ3v) is 4.14. The molecule has 1 N–H and O–H groups in total. The Morgan fingerprint density at radius 3 is 3.00 bits per heavy atom. The van der Waals surface area contributed by atoms with Crippen molar-refractivity contribution in [3.63, 3.8) is 0 Å². The Labute approximate surface area is 117 Å². The highest BCUT2D eigenvalue weighted by molar-refractivity contribution is 5.95. The average Bonchev–Trinajstić information content (AvgIpc) is 3.10. The zero-order valence-corrected chi connectivity index (χ0v) is 11.8. The third kappa shape index (κ3) is 2.21. The molecule has 1 amide bonds. The topological polar surface area (TPSA) is 66.8 Å². The van der Waals surface area contributed by atoms with Gasteiger partial charge in [0.15, 0.2) is 0 Å². The molecule has 1 aliphatic rings. The predicted molar refractivity (Wildman–Crippen MR) is 74.4 cm³/mol. The number of likely N-dealkylation sites (tertiary alicyclic amines) is 1. The van der Waals surface area contributed by atoms with Crippen molar-refractivity contribution >= 4 is 5.91 Å². The van der Waals surface area contributed by atoms with Gasteiger partial charge < -0.3 is 9.47 Å². The lowest BCUT2D eigenvalue weighted by molar-refractivity contribution is 0.0704. The lowest BCUT2D eigenvalue weighted by atomic mass is 9.97. The number of carbonyl (C=O) groups excluding carboxylic acids is 1. The Morgan fingerprint density at radius 1 is 1.50 bits per heavy atom. The summed E-state index contributed by atoms with van der Waals surface area (Å²) in [6.45, 7) is 3.51. The molecule has 6 heteroatoms. The first-order valence-corrected chi connectivity index (χ1v) is 6.93. The van der Waals surface area contributed by atoms with Crippen LogP contribution in [0.3, 0.4) is 0 Å². The Balaban J connectivity index is 1.77. The van der Waals surface area contributed by atoms with E-state index in [-0.39, 0.29) is 11.8 Å². The van der Waals surface area contributed by atoms with Crippen LogP contribution in [-0.4, -0.2) is 43.6 Å². The number of rotatable bonds is 2. The smallest absolute Gasteiger partial charge is 0.255 e. The molecule has 1 aliphatic heterocycles. The number of aromatic amines is 1. The van der Waals surface area contributed by atoms with Crippen LogP contribution in [0.4, 0.5) is 0 Å². The fourth-order valence-corrected chi connectivity index (χ4v) is 2.80. The van der Waals surface area contributed by atoms with Crippen molar-refractivity contribution in [3.8, 4) is 0 Å². The van der Waals surface area contributed by atoms with Gasteiger partial charge >= 0.3 is 0 Å². The van der Waals surface area contributed by atoms with Crippen LogP contribution in [0.5, 0.6) is 0 Å². The minimum atomic E-state index is 0.118. The minimum Gasteiger partial charge on any atom is -0.354 e. The highest BCUT2D eigenvalue weighted by Crippen LogP contribution is 2.25. The van der Waals surface area contributed by atoms with Crippen LogP contribution in [0.1, 0.15) is 40.6 Å². The summed E-state index contributed by atoms with van der Waals surface area (Å²) < 4.78 is 1.98. The maximum atomic E-state index is 12.6. The van der Waals surface area contributed by atoms with Crippen LogP contribution >= 0.6 is 0 Å². The van der Waals surface area contributed by atoms with Crippen molar-refractivity contribution < 1.29 is 4.79 Å². The van der Waals surface area contributed by atoms with Crippen molar-refractivity contribution in [2.75, 3.05) is 13.1 Å². The number of H-pyrrole nitrogens is 1. The van der Waals surface area contributed by atoms with Crippen LogP contribution in [-0.2, 0) is 7.05 Å². The lowest BCUT2D eigenvalue weighted by Crippen LogP contribution is -2.39. The van der Waals surface area contributed by atoms with Gasteiger partial charge in [-0.1, -0.05) is 0 Å². The van der Waals surface area contributed by atoms with Gasteiger partial charge in [-0.2, -0.15) is 5.10 Å². The fraction of sp³-hybridized carbons (Fsp3) is 0.500. The van der Waals surface area contributed by atoms with E-state index in [9.17, 15) is 4.79 Å². The van der Waals surface area contributed by atoms with Crippen LogP contribution in [0, 0.1) is 6.92 Å². The second-order valence-corrected chi connectivity index (χ2v) is 5.39. The molecular weight excluding hydrogens is 254 g/mol. The summed E-state index contributed by atoms with van der Waals surface area (Å²) in [5.41, 5.74) is 1.81. The van der Waals surface area contributed by atoms with Gasteiger partial charge in [0.05, 0.1) is 5.56 Å². The molecule has 1 atom stereocenters. The normalized spacial score (nSPS) is 19.3. The van der Waals surface area contributed by atoms with Crippen LogP contribution in [0.15, 0.2) is 18.6 Å². The summed E-state index contributed by atoms with van der Waals surface area (Å²) >= 11 is 0. The van der Waals surface area contributed by atoms with E-state index in [1.54, 1.807) is 0 Å². The summed E-state index contributed by atoms with van der Waals surface area (Å²) in [5, 5.41) is 6.82. The largest absolute Gasteiger partial charge is 0.354 e. The van der Waals surface area contributed by atoms with Gasteiger partial charge in [-0.15, -0.1) is 0 Å². The van der Waals surface area contributed by atoms with E-state index < -0.39 is 0 Å². The van der Waals surface area contributed by atoms with Crippen LogP contribution in [0.25, 0.3) is 0 Å². The second-order valence-electron chi connectivity index (χ2n) is 5.39. The zero-order valence-electron chi connectivity index (χ0n) is 11.8. The van der Waals surface area contributed by atoms with Crippen LogP contribution < -0.4 is 0 Å². The quantitative estimate of drug-likeness (QED) is 0.901. The standard InChI is InChI=1S/C14H19N5O/c1-10-12(5-7-18(10)2)14(20)19-6-3-4-11(8-19)13-15-9-16-17-13/h5,7,9,11H,3-4,6,8H2,1-2H3,(H,15,16,17)/t11-/m1/s1. The SMILES string of the molecule is Cc1c(C(=O)N2CCC[C@@H](c3ncn[nH]3)C2)ccn1C. The van der Waals surface area contributed by atoms with E-state index in [2.05, 4.69) is 15.2 Å². The van der Waals surface area contributed by atoms with Gasteiger partial charge in [-0.3, -0.25) is 9.89 Å². The first-order chi connectivity index (χ1) is 9.66. The summed E-state index contributed by atoms with van der Waals surface area (Å²) in [6, 6.07) is 1.90. The van der Waals surface area contributed by atoms with Gasteiger partial charge in [0.2, 0.25) is 0 Å². The molecule has 0 bridgehead atoms. The van der Waals surface area contributed by atoms with E-state index in [0.29, 0.717) is 6.54 Å². The van der Waals surface area contributed by atoms with Gasteiger partial charge in [-0.05, 0) is 25.8 Å². The van der Waals surface area contributed by atoms with E-state index in [1.165, 1.54) is 6.33 Å². The maximum Gasteiger partial charge on any atom is 0.255 e. The highest BCUT2D eigenvalue weighted by Gasteiger charge is 2.28. The molecule has 3 heterocycles. The monoisotopic (exact) mass is 273 g/mol. The van der Waals surface area contributed by atoms with Gasteiger partial charge in [0, 0.05) is 37.9 Å². The minimum absolute atomic E-state index is 0.118. The molecule has 1 fully saturated rings. The van der Waals surface area contributed by atoms with Crippen molar-refractivity contribution in [1.82, 2.24) is 24.6 Å². The first-order valence-electron chi connectivity index (χ1n) is 6.93. The Kier molecular flexibility index (Phi) is 3.30. The number of amides is 1. The van der Waals surface area contributed by atoms with Crippen molar-refractivity contribution in [1.29, 1.82) is 0 Å². The Hall–Kier alpha value is -2.11. The maximum absolute atomic E-state index is 12.6. The number of carbonyl (C=O) groups is 1. The molecule has 106 valence electrons. The lowest BCUT2D eigenvalue weighted by Gasteiger charge is -2.31. The fourth-order valence-electron chi connectivity index (χ4n) is 2.80. The molecule has 20 heavy (non-hydrogen) atoms. The molecule has 0 aliphatic carbocycles. The number of aromatic nitrogens is 4. The number of nitrogens with one attached hydrogen (secondary N) is 1. The highest BCUT2D eigenvalue weighted by atomic mass is 16.2. The van der Waals surface area contributed by atoms with Gasteiger partial charge in [0.25, 0.3) is 5.91 Å².